The maximum Gasteiger partial charge on any atom is 0.133 e. The molecule has 1 aromatic rings. The van der Waals surface area contributed by atoms with Crippen molar-refractivity contribution in [1.29, 1.82) is 0 Å². The Bertz CT molecular complexity index is 428. The third-order valence-electron chi connectivity index (χ3n) is 3.80. The summed E-state index contributed by atoms with van der Waals surface area (Å²) in [6, 6.07) is 1.25. The zero-order valence-corrected chi connectivity index (χ0v) is 13.0. The lowest BCUT2D eigenvalue weighted by atomic mass is 9.97. The topological polar surface area (TPSA) is 15.3 Å². The number of hydrogen-bond donors (Lipinski definition) is 1. The summed E-state index contributed by atoms with van der Waals surface area (Å²) in [6.07, 6.45) is 2.55. The molecule has 0 bridgehead atoms. The van der Waals surface area contributed by atoms with Crippen LogP contribution in [0.25, 0.3) is 0 Å². The van der Waals surface area contributed by atoms with Crippen LogP contribution in [0.4, 0.5) is 13.2 Å². The van der Waals surface area contributed by atoms with Gasteiger partial charge in [0.05, 0.1) is 0 Å². The van der Waals surface area contributed by atoms with Crippen LogP contribution in [0.2, 0.25) is 0 Å². The van der Waals surface area contributed by atoms with Crippen LogP contribution in [0.3, 0.4) is 0 Å². The molecule has 1 aromatic carbocycles. The smallest absolute Gasteiger partial charge is 0.133 e. The van der Waals surface area contributed by atoms with E-state index >= 15 is 0 Å². The van der Waals surface area contributed by atoms with E-state index in [1.165, 1.54) is 0 Å². The van der Waals surface area contributed by atoms with E-state index in [9.17, 15) is 13.2 Å². The standard InChI is InChI=1S/C15H21F3N2.ClH/c1-2-3-4-14(20-7-5-19-6-8-20)15-12(17)9-11(16)10-13(15)18;/h9-10,14,19H,2-8H2,1H3;1H/t14-;/m0./s1. The van der Waals surface area contributed by atoms with Crippen molar-refractivity contribution < 1.29 is 13.2 Å². The van der Waals surface area contributed by atoms with Gasteiger partial charge in [-0.2, -0.15) is 0 Å². The van der Waals surface area contributed by atoms with Gasteiger partial charge in [0.1, 0.15) is 17.5 Å². The summed E-state index contributed by atoms with van der Waals surface area (Å²) in [7, 11) is 0. The van der Waals surface area contributed by atoms with Crippen LogP contribution in [-0.4, -0.2) is 31.1 Å². The average molecular weight is 323 g/mol. The van der Waals surface area contributed by atoms with E-state index in [0.29, 0.717) is 6.42 Å². The fourth-order valence-corrected chi connectivity index (χ4v) is 2.77. The van der Waals surface area contributed by atoms with Crippen molar-refractivity contribution in [2.24, 2.45) is 0 Å². The highest BCUT2D eigenvalue weighted by molar-refractivity contribution is 5.85. The molecule has 21 heavy (non-hydrogen) atoms. The second kappa shape index (κ2) is 8.61. The SMILES string of the molecule is CCCC[C@@H](c1c(F)cc(F)cc1F)N1CCNCC1.Cl. The average Bonchev–Trinajstić information content (AvgIpc) is 2.42. The number of benzene rings is 1. The predicted octanol–water partition coefficient (Wildman–Crippen LogP) is 3.66. The largest absolute Gasteiger partial charge is 0.314 e. The molecule has 0 aliphatic carbocycles. The molecule has 0 radical (unpaired) electrons. The number of halogens is 4. The Labute approximate surface area is 130 Å². The Morgan fingerprint density at radius 1 is 1.14 bits per heavy atom. The molecule has 6 heteroatoms. The van der Waals surface area contributed by atoms with Gasteiger partial charge in [-0.25, -0.2) is 13.2 Å². The third kappa shape index (κ3) is 4.59. The summed E-state index contributed by atoms with van der Waals surface area (Å²) in [5, 5.41) is 3.23. The van der Waals surface area contributed by atoms with E-state index < -0.39 is 17.5 Å². The quantitative estimate of drug-likeness (QED) is 0.890. The maximum absolute atomic E-state index is 14.0. The lowest BCUT2D eigenvalue weighted by Gasteiger charge is -2.35. The molecule has 0 spiro atoms. The molecule has 0 aromatic heterocycles. The van der Waals surface area contributed by atoms with Crippen LogP contribution < -0.4 is 5.32 Å². The van der Waals surface area contributed by atoms with Gasteiger partial charge < -0.3 is 5.32 Å². The first-order chi connectivity index (χ1) is 9.63. The molecule has 1 aliphatic rings. The number of piperazine rings is 1. The number of unbranched alkanes of at least 4 members (excludes halogenated alkanes) is 1. The maximum atomic E-state index is 14.0. The van der Waals surface area contributed by atoms with Gasteiger partial charge in [0, 0.05) is 49.9 Å². The Hall–Kier alpha value is -0.780. The molecule has 1 aliphatic heterocycles. The summed E-state index contributed by atoms with van der Waals surface area (Å²) in [6.45, 7) is 5.18. The molecule has 2 rings (SSSR count). The highest BCUT2D eigenvalue weighted by Gasteiger charge is 2.27. The van der Waals surface area contributed by atoms with Crippen molar-refractivity contribution in [3.8, 4) is 0 Å². The molecule has 2 nitrogen and oxygen atoms in total. The van der Waals surface area contributed by atoms with Crippen molar-refractivity contribution in [2.45, 2.75) is 32.2 Å². The Morgan fingerprint density at radius 3 is 2.24 bits per heavy atom. The molecule has 0 amide bonds. The summed E-state index contributed by atoms with van der Waals surface area (Å²) in [4.78, 5) is 2.09. The van der Waals surface area contributed by atoms with Crippen molar-refractivity contribution in [3.63, 3.8) is 0 Å². The van der Waals surface area contributed by atoms with Crippen molar-refractivity contribution >= 4 is 12.4 Å². The van der Waals surface area contributed by atoms with Crippen LogP contribution >= 0.6 is 12.4 Å². The van der Waals surface area contributed by atoms with Gasteiger partial charge >= 0.3 is 0 Å². The van der Waals surface area contributed by atoms with Crippen LogP contribution in [0.1, 0.15) is 37.8 Å². The minimum absolute atomic E-state index is 0. The molecule has 0 saturated carbocycles. The fourth-order valence-electron chi connectivity index (χ4n) is 2.77. The van der Waals surface area contributed by atoms with Crippen molar-refractivity contribution in [2.75, 3.05) is 26.2 Å². The molecule has 1 heterocycles. The predicted molar refractivity (Wildman–Crippen MR) is 80.3 cm³/mol. The van der Waals surface area contributed by atoms with Gasteiger partial charge in [-0.3, -0.25) is 4.90 Å². The van der Waals surface area contributed by atoms with Gasteiger partial charge in [-0.05, 0) is 6.42 Å². The van der Waals surface area contributed by atoms with E-state index in [1.54, 1.807) is 0 Å². The fraction of sp³-hybridized carbons (Fsp3) is 0.600. The first-order valence-electron chi connectivity index (χ1n) is 7.22. The van der Waals surface area contributed by atoms with Gasteiger partial charge in [0.25, 0.3) is 0 Å². The third-order valence-corrected chi connectivity index (χ3v) is 3.80. The first kappa shape index (κ1) is 18.3. The van der Waals surface area contributed by atoms with E-state index in [2.05, 4.69) is 10.2 Å². The normalized spacial score (nSPS) is 17.3. The molecular formula is C15H22ClF3N2. The van der Waals surface area contributed by atoms with Gasteiger partial charge in [0.15, 0.2) is 0 Å². The number of hydrogen-bond acceptors (Lipinski definition) is 2. The van der Waals surface area contributed by atoms with Crippen LogP contribution in [0.5, 0.6) is 0 Å². The molecular weight excluding hydrogens is 301 g/mol. The second-order valence-electron chi connectivity index (χ2n) is 5.23. The number of nitrogens with one attached hydrogen (secondary N) is 1. The van der Waals surface area contributed by atoms with E-state index in [4.69, 9.17) is 0 Å². The van der Waals surface area contributed by atoms with E-state index in [0.717, 1.165) is 51.2 Å². The minimum atomic E-state index is -0.863. The summed E-state index contributed by atoms with van der Waals surface area (Å²) in [5.74, 6) is -2.41. The lowest BCUT2D eigenvalue weighted by molar-refractivity contribution is 0.156. The van der Waals surface area contributed by atoms with E-state index in [1.807, 2.05) is 6.92 Å². The highest BCUT2D eigenvalue weighted by atomic mass is 35.5. The van der Waals surface area contributed by atoms with Crippen molar-refractivity contribution in [1.82, 2.24) is 10.2 Å². The zero-order valence-electron chi connectivity index (χ0n) is 12.2. The number of rotatable bonds is 5. The molecule has 1 atom stereocenters. The number of nitrogens with zero attached hydrogens (tertiary/aromatic N) is 1. The molecule has 1 N–H and O–H groups in total. The summed E-state index contributed by atoms with van der Waals surface area (Å²) in [5.41, 5.74) is 0.0155. The highest BCUT2D eigenvalue weighted by Crippen LogP contribution is 2.31. The lowest BCUT2D eigenvalue weighted by Crippen LogP contribution is -2.45. The Morgan fingerprint density at radius 2 is 1.71 bits per heavy atom. The van der Waals surface area contributed by atoms with Gasteiger partial charge in [-0.1, -0.05) is 19.8 Å². The van der Waals surface area contributed by atoms with Crippen molar-refractivity contribution in [3.05, 3.63) is 35.1 Å². The van der Waals surface area contributed by atoms with Crippen LogP contribution in [-0.2, 0) is 0 Å². The van der Waals surface area contributed by atoms with E-state index in [-0.39, 0.29) is 24.0 Å². The van der Waals surface area contributed by atoms with Crippen LogP contribution in [0.15, 0.2) is 12.1 Å². The zero-order chi connectivity index (χ0) is 14.5. The Kier molecular flexibility index (Phi) is 7.49. The second-order valence-corrected chi connectivity index (χ2v) is 5.23. The first-order valence-corrected chi connectivity index (χ1v) is 7.22. The molecule has 1 fully saturated rings. The minimum Gasteiger partial charge on any atom is -0.314 e. The van der Waals surface area contributed by atoms with Gasteiger partial charge in [-0.15, -0.1) is 12.4 Å². The molecule has 0 unspecified atom stereocenters. The van der Waals surface area contributed by atoms with Gasteiger partial charge in [0.2, 0.25) is 0 Å². The summed E-state index contributed by atoms with van der Waals surface area (Å²) >= 11 is 0. The van der Waals surface area contributed by atoms with Crippen LogP contribution in [0, 0.1) is 17.5 Å². The molecule has 1 saturated heterocycles. The molecule has 120 valence electrons. The summed E-state index contributed by atoms with van der Waals surface area (Å²) < 4.78 is 41.1. The monoisotopic (exact) mass is 322 g/mol. The Balaban J connectivity index is 0.00000220.